The molecular formula is C22H18BrClN2O3. The molecule has 0 aliphatic carbocycles. The van der Waals surface area contributed by atoms with Gasteiger partial charge in [-0.3, -0.25) is 9.59 Å². The van der Waals surface area contributed by atoms with Crippen LogP contribution < -0.4 is 10.6 Å². The van der Waals surface area contributed by atoms with Crippen LogP contribution in [-0.4, -0.2) is 18.4 Å². The Hall–Kier alpha value is -2.83. The first-order chi connectivity index (χ1) is 14.0. The number of furan rings is 1. The fourth-order valence-corrected chi connectivity index (χ4v) is 3.00. The molecule has 3 aromatic rings. The summed E-state index contributed by atoms with van der Waals surface area (Å²) >= 11 is 9.08. The quantitative estimate of drug-likeness (QED) is 0.483. The number of benzene rings is 2. The van der Waals surface area contributed by atoms with Crippen LogP contribution in [-0.2, 0) is 11.2 Å². The highest BCUT2D eigenvalue weighted by Crippen LogP contribution is 2.15. The second-order valence-electron chi connectivity index (χ2n) is 6.16. The number of rotatable bonds is 7. The van der Waals surface area contributed by atoms with E-state index in [0.29, 0.717) is 22.7 Å². The first kappa shape index (κ1) is 20.9. The van der Waals surface area contributed by atoms with Crippen LogP contribution in [0.4, 0.5) is 0 Å². The van der Waals surface area contributed by atoms with Crippen molar-refractivity contribution in [3.63, 3.8) is 0 Å². The molecule has 3 rings (SSSR count). The summed E-state index contributed by atoms with van der Waals surface area (Å²) in [5.74, 6) is -0.819. The van der Waals surface area contributed by atoms with Crippen LogP contribution in [0, 0.1) is 0 Å². The lowest BCUT2D eigenvalue weighted by Crippen LogP contribution is -2.35. The molecular weight excluding hydrogens is 456 g/mol. The Morgan fingerprint density at radius 2 is 1.72 bits per heavy atom. The van der Waals surface area contributed by atoms with Crippen LogP contribution in [0.1, 0.15) is 21.7 Å². The van der Waals surface area contributed by atoms with Gasteiger partial charge in [0.05, 0.1) is 0 Å². The maximum atomic E-state index is 12.7. The van der Waals surface area contributed by atoms with Gasteiger partial charge >= 0.3 is 0 Å². The number of halogens is 2. The molecule has 0 saturated carbocycles. The highest BCUT2D eigenvalue weighted by molar-refractivity contribution is 9.10. The van der Waals surface area contributed by atoms with Crippen molar-refractivity contribution in [2.75, 3.05) is 6.54 Å². The summed E-state index contributed by atoms with van der Waals surface area (Å²) in [6.07, 6.45) is 2.27. The third-order valence-corrected chi connectivity index (χ3v) is 4.69. The zero-order valence-electron chi connectivity index (χ0n) is 15.3. The van der Waals surface area contributed by atoms with Gasteiger partial charge in [-0.1, -0.05) is 54.1 Å². The standard InChI is InChI=1S/C22H18BrClN2O3/c23-20-11-10-19(29-20)22(28)26-18(14-16-6-8-17(24)9-7-16)21(27)25-13-12-15-4-2-1-3-5-15/h1-11,14H,12-13H2,(H,25,27)(H,26,28)/b18-14+. The van der Waals surface area contributed by atoms with E-state index in [1.54, 1.807) is 36.4 Å². The fourth-order valence-electron chi connectivity index (χ4n) is 2.56. The van der Waals surface area contributed by atoms with Crippen molar-refractivity contribution in [1.29, 1.82) is 0 Å². The monoisotopic (exact) mass is 472 g/mol. The van der Waals surface area contributed by atoms with Crippen molar-refractivity contribution in [3.8, 4) is 0 Å². The highest BCUT2D eigenvalue weighted by atomic mass is 79.9. The van der Waals surface area contributed by atoms with E-state index in [1.165, 1.54) is 6.07 Å². The Balaban J connectivity index is 1.73. The molecule has 0 bridgehead atoms. The molecule has 0 radical (unpaired) electrons. The summed E-state index contributed by atoms with van der Waals surface area (Å²) in [6, 6.07) is 19.9. The third-order valence-electron chi connectivity index (χ3n) is 4.01. The van der Waals surface area contributed by atoms with Gasteiger partial charge in [0, 0.05) is 11.6 Å². The lowest BCUT2D eigenvalue weighted by molar-refractivity contribution is -0.117. The second kappa shape index (κ2) is 10.1. The van der Waals surface area contributed by atoms with Gasteiger partial charge in [-0.2, -0.15) is 0 Å². The minimum Gasteiger partial charge on any atom is -0.444 e. The summed E-state index contributed by atoms with van der Waals surface area (Å²) in [4.78, 5) is 25.2. The average molecular weight is 474 g/mol. The SMILES string of the molecule is O=C(NCCc1ccccc1)/C(=C\c1ccc(Cl)cc1)NC(=O)c1ccc(Br)o1. The van der Waals surface area contributed by atoms with E-state index in [9.17, 15) is 9.59 Å². The molecule has 2 aromatic carbocycles. The molecule has 1 heterocycles. The Morgan fingerprint density at radius 3 is 2.38 bits per heavy atom. The second-order valence-corrected chi connectivity index (χ2v) is 7.38. The highest BCUT2D eigenvalue weighted by Gasteiger charge is 2.17. The molecule has 0 aliphatic rings. The molecule has 2 amide bonds. The molecule has 0 aliphatic heterocycles. The Kier molecular flexibility index (Phi) is 7.27. The van der Waals surface area contributed by atoms with Gasteiger partial charge in [0.1, 0.15) is 5.70 Å². The van der Waals surface area contributed by atoms with Crippen LogP contribution in [0.3, 0.4) is 0 Å². The van der Waals surface area contributed by atoms with E-state index in [1.807, 2.05) is 30.3 Å². The van der Waals surface area contributed by atoms with Gasteiger partial charge in [0.2, 0.25) is 0 Å². The average Bonchev–Trinajstić information content (AvgIpc) is 3.16. The Bertz CT molecular complexity index is 1010. The maximum absolute atomic E-state index is 12.7. The largest absolute Gasteiger partial charge is 0.444 e. The van der Waals surface area contributed by atoms with Crippen molar-refractivity contribution >= 4 is 45.4 Å². The van der Waals surface area contributed by atoms with Crippen molar-refractivity contribution in [2.45, 2.75) is 6.42 Å². The van der Waals surface area contributed by atoms with Gasteiger partial charge < -0.3 is 15.1 Å². The van der Waals surface area contributed by atoms with Crippen LogP contribution in [0.15, 0.2) is 81.5 Å². The van der Waals surface area contributed by atoms with E-state index < -0.39 is 11.8 Å². The topological polar surface area (TPSA) is 71.3 Å². The molecule has 0 saturated heterocycles. The first-order valence-corrected chi connectivity index (χ1v) is 10.0. The zero-order chi connectivity index (χ0) is 20.6. The lowest BCUT2D eigenvalue weighted by atomic mass is 10.1. The molecule has 0 spiro atoms. The molecule has 0 unspecified atom stereocenters. The van der Waals surface area contributed by atoms with Crippen molar-refractivity contribution < 1.29 is 14.0 Å². The number of carbonyl (C=O) groups is 2. The number of hydrogen-bond donors (Lipinski definition) is 2. The smallest absolute Gasteiger partial charge is 0.291 e. The molecule has 148 valence electrons. The van der Waals surface area contributed by atoms with E-state index in [4.69, 9.17) is 16.0 Å². The summed E-state index contributed by atoms with van der Waals surface area (Å²) in [5.41, 5.74) is 1.95. The molecule has 0 fully saturated rings. The van der Waals surface area contributed by atoms with Crippen LogP contribution in [0.2, 0.25) is 5.02 Å². The minimum absolute atomic E-state index is 0.0935. The summed E-state index contributed by atoms with van der Waals surface area (Å²) < 4.78 is 5.69. The normalized spacial score (nSPS) is 11.2. The van der Waals surface area contributed by atoms with Gasteiger partial charge in [-0.25, -0.2) is 0 Å². The van der Waals surface area contributed by atoms with E-state index in [2.05, 4.69) is 26.6 Å². The maximum Gasteiger partial charge on any atom is 0.291 e. The molecule has 0 atom stereocenters. The van der Waals surface area contributed by atoms with Crippen LogP contribution >= 0.6 is 27.5 Å². The lowest BCUT2D eigenvalue weighted by Gasteiger charge is -2.10. The number of carbonyl (C=O) groups excluding carboxylic acids is 2. The van der Waals surface area contributed by atoms with Gasteiger partial charge in [0.25, 0.3) is 11.8 Å². The predicted molar refractivity (Wildman–Crippen MR) is 116 cm³/mol. The van der Waals surface area contributed by atoms with Gasteiger partial charge in [-0.05, 0) is 63.8 Å². The van der Waals surface area contributed by atoms with Gasteiger partial charge in [0.15, 0.2) is 10.4 Å². The molecule has 7 heteroatoms. The molecule has 29 heavy (non-hydrogen) atoms. The number of amides is 2. The third kappa shape index (κ3) is 6.34. The Labute approximate surface area is 181 Å². The predicted octanol–water partition coefficient (Wildman–Crippen LogP) is 4.83. The fraction of sp³-hybridized carbons (Fsp3) is 0.0909. The van der Waals surface area contributed by atoms with Gasteiger partial charge in [-0.15, -0.1) is 0 Å². The minimum atomic E-state index is -0.519. The van der Waals surface area contributed by atoms with E-state index >= 15 is 0 Å². The van der Waals surface area contributed by atoms with E-state index in [-0.39, 0.29) is 11.5 Å². The van der Waals surface area contributed by atoms with Crippen molar-refractivity contribution in [3.05, 3.63) is 99.0 Å². The number of nitrogens with one attached hydrogen (secondary N) is 2. The van der Waals surface area contributed by atoms with E-state index in [0.717, 1.165) is 11.1 Å². The zero-order valence-corrected chi connectivity index (χ0v) is 17.7. The summed E-state index contributed by atoms with van der Waals surface area (Å²) in [6.45, 7) is 0.434. The summed E-state index contributed by atoms with van der Waals surface area (Å²) in [5, 5.41) is 6.04. The summed E-state index contributed by atoms with van der Waals surface area (Å²) in [7, 11) is 0. The van der Waals surface area contributed by atoms with Crippen LogP contribution in [0.25, 0.3) is 6.08 Å². The first-order valence-electron chi connectivity index (χ1n) is 8.87. The molecule has 1 aromatic heterocycles. The van der Waals surface area contributed by atoms with Crippen molar-refractivity contribution in [2.24, 2.45) is 0 Å². The number of hydrogen-bond acceptors (Lipinski definition) is 3. The molecule has 5 nitrogen and oxygen atoms in total. The molecule has 2 N–H and O–H groups in total. The van der Waals surface area contributed by atoms with Crippen LogP contribution in [0.5, 0.6) is 0 Å². The Morgan fingerprint density at radius 1 is 1.00 bits per heavy atom. The van der Waals surface area contributed by atoms with Crippen molar-refractivity contribution in [1.82, 2.24) is 10.6 Å².